The van der Waals surface area contributed by atoms with Gasteiger partial charge in [0.15, 0.2) is 0 Å². The minimum absolute atomic E-state index is 0.631. The van der Waals surface area contributed by atoms with Gasteiger partial charge in [0.2, 0.25) is 0 Å². The number of hydrogen-bond acceptors (Lipinski definition) is 2. The van der Waals surface area contributed by atoms with Crippen LogP contribution in [0.3, 0.4) is 0 Å². The van der Waals surface area contributed by atoms with Crippen LogP contribution < -0.4 is 5.46 Å². The van der Waals surface area contributed by atoms with E-state index in [0.717, 1.165) is 21.9 Å². The molecule has 2 rings (SSSR count). The molecule has 2 aromatic rings. The van der Waals surface area contributed by atoms with E-state index in [1.807, 2.05) is 26.0 Å². The molecule has 0 aromatic heterocycles. The van der Waals surface area contributed by atoms with Crippen molar-refractivity contribution >= 4 is 23.4 Å². The van der Waals surface area contributed by atoms with E-state index in [-0.39, 0.29) is 0 Å². The molecule has 0 spiro atoms. The molecule has 0 amide bonds. The molecular weight excluding hydrogens is 211 g/mol. The lowest BCUT2D eigenvalue weighted by atomic mass is 9.71. The van der Waals surface area contributed by atoms with E-state index in [4.69, 9.17) is 0 Å². The molecular formula is C14H17BO2. The largest absolute Gasteiger partial charge is 0.489 e. The van der Waals surface area contributed by atoms with Crippen LogP contribution in [0.15, 0.2) is 18.2 Å². The highest BCUT2D eigenvalue weighted by Crippen LogP contribution is 2.26. The number of fused-ring (bicyclic) bond motifs is 1. The molecule has 17 heavy (non-hydrogen) atoms. The molecule has 0 heterocycles. The zero-order valence-electron chi connectivity index (χ0n) is 10.7. The van der Waals surface area contributed by atoms with E-state index in [9.17, 15) is 10.0 Å². The third-order valence-electron chi connectivity index (χ3n) is 3.73. The summed E-state index contributed by atoms with van der Waals surface area (Å²) in [6, 6.07) is 5.96. The average Bonchev–Trinajstić information content (AvgIpc) is 2.25. The summed E-state index contributed by atoms with van der Waals surface area (Å²) in [6.45, 7) is 8.12. The van der Waals surface area contributed by atoms with Gasteiger partial charge in [-0.1, -0.05) is 18.2 Å². The van der Waals surface area contributed by atoms with E-state index in [0.29, 0.717) is 5.46 Å². The lowest BCUT2D eigenvalue weighted by Gasteiger charge is -2.17. The van der Waals surface area contributed by atoms with E-state index < -0.39 is 7.12 Å². The van der Waals surface area contributed by atoms with Crippen molar-refractivity contribution in [1.29, 1.82) is 0 Å². The Balaban J connectivity index is 3.04. The summed E-state index contributed by atoms with van der Waals surface area (Å²) in [6.07, 6.45) is 0. The second-order valence-corrected chi connectivity index (χ2v) is 4.66. The Labute approximate surface area is 102 Å². The molecule has 0 aliphatic heterocycles. The monoisotopic (exact) mass is 228 g/mol. The van der Waals surface area contributed by atoms with Crippen LogP contribution in [0.5, 0.6) is 0 Å². The number of rotatable bonds is 1. The van der Waals surface area contributed by atoms with Crippen molar-refractivity contribution in [1.82, 2.24) is 0 Å². The first-order valence-electron chi connectivity index (χ1n) is 5.80. The van der Waals surface area contributed by atoms with Gasteiger partial charge in [-0.15, -0.1) is 0 Å². The van der Waals surface area contributed by atoms with E-state index in [1.165, 1.54) is 11.1 Å². The molecule has 2 aromatic carbocycles. The van der Waals surface area contributed by atoms with Gasteiger partial charge in [0.05, 0.1) is 0 Å². The number of hydrogen-bond donors (Lipinski definition) is 2. The topological polar surface area (TPSA) is 40.5 Å². The smallest absolute Gasteiger partial charge is 0.423 e. The van der Waals surface area contributed by atoms with Gasteiger partial charge in [0.1, 0.15) is 0 Å². The second-order valence-electron chi connectivity index (χ2n) is 4.66. The Morgan fingerprint density at radius 2 is 1.53 bits per heavy atom. The maximum absolute atomic E-state index is 9.56. The van der Waals surface area contributed by atoms with Crippen LogP contribution in [0.4, 0.5) is 0 Å². The maximum Gasteiger partial charge on any atom is 0.489 e. The van der Waals surface area contributed by atoms with Crippen molar-refractivity contribution in [3.05, 3.63) is 40.5 Å². The fraction of sp³-hybridized carbons (Fsp3) is 0.286. The van der Waals surface area contributed by atoms with Crippen molar-refractivity contribution in [3.63, 3.8) is 0 Å². The van der Waals surface area contributed by atoms with Gasteiger partial charge in [-0.2, -0.15) is 0 Å². The Kier molecular flexibility index (Phi) is 2.98. The molecule has 2 N–H and O–H groups in total. The van der Waals surface area contributed by atoms with Crippen LogP contribution in [0, 0.1) is 27.7 Å². The van der Waals surface area contributed by atoms with Crippen LogP contribution in [-0.4, -0.2) is 17.2 Å². The third-order valence-corrected chi connectivity index (χ3v) is 3.73. The van der Waals surface area contributed by atoms with Crippen molar-refractivity contribution in [2.45, 2.75) is 27.7 Å². The molecule has 88 valence electrons. The highest BCUT2D eigenvalue weighted by atomic mass is 16.4. The summed E-state index contributed by atoms with van der Waals surface area (Å²) in [5.41, 5.74) is 5.13. The minimum Gasteiger partial charge on any atom is -0.423 e. The van der Waals surface area contributed by atoms with Gasteiger partial charge in [-0.3, -0.25) is 0 Å². The van der Waals surface area contributed by atoms with Gasteiger partial charge < -0.3 is 10.0 Å². The van der Waals surface area contributed by atoms with Gasteiger partial charge >= 0.3 is 7.12 Å². The lowest BCUT2D eigenvalue weighted by Crippen LogP contribution is -2.34. The molecule has 2 nitrogen and oxygen atoms in total. The average molecular weight is 228 g/mol. The summed E-state index contributed by atoms with van der Waals surface area (Å²) in [4.78, 5) is 0. The van der Waals surface area contributed by atoms with E-state index >= 15 is 0 Å². The molecule has 0 aliphatic carbocycles. The molecule has 0 aliphatic rings. The number of benzene rings is 2. The molecule has 0 saturated heterocycles. The van der Waals surface area contributed by atoms with Crippen molar-refractivity contribution < 1.29 is 10.0 Å². The first-order valence-corrected chi connectivity index (χ1v) is 5.80. The number of aryl methyl sites for hydroxylation is 2. The maximum atomic E-state index is 9.56. The summed E-state index contributed by atoms with van der Waals surface area (Å²) in [7, 11) is -1.42. The highest BCUT2D eigenvalue weighted by molar-refractivity contribution is 6.62. The SMILES string of the molecule is Cc1c(C)c(C)c2c(C)cccc2c1B(O)O. The minimum atomic E-state index is -1.42. The predicted molar refractivity (Wildman–Crippen MR) is 72.7 cm³/mol. The molecule has 0 saturated carbocycles. The summed E-state index contributed by atoms with van der Waals surface area (Å²) >= 11 is 0. The standard InChI is InChI=1S/C14H17BO2/c1-8-6-5-7-12-13(8)10(3)9(2)11(4)14(12)15(16)17/h5-7,16-17H,1-4H3. The molecule has 0 radical (unpaired) electrons. The van der Waals surface area contributed by atoms with Crippen LogP contribution in [-0.2, 0) is 0 Å². The van der Waals surface area contributed by atoms with Crippen LogP contribution >= 0.6 is 0 Å². The third kappa shape index (κ3) is 1.76. The van der Waals surface area contributed by atoms with Crippen molar-refractivity contribution in [2.75, 3.05) is 0 Å². The van der Waals surface area contributed by atoms with Crippen LogP contribution in [0.1, 0.15) is 22.3 Å². The molecule has 3 heteroatoms. The molecule has 0 fully saturated rings. The predicted octanol–water partition coefficient (Wildman–Crippen LogP) is 1.75. The lowest BCUT2D eigenvalue weighted by molar-refractivity contribution is 0.426. The van der Waals surface area contributed by atoms with E-state index in [1.54, 1.807) is 0 Å². The second kappa shape index (κ2) is 4.17. The molecule has 0 unspecified atom stereocenters. The fourth-order valence-corrected chi connectivity index (χ4v) is 2.60. The van der Waals surface area contributed by atoms with Gasteiger partial charge in [-0.05, 0) is 66.2 Å². The summed E-state index contributed by atoms with van der Waals surface area (Å²) in [5.74, 6) is 0. The Morgan fingerprint density at radius 3 is 2.12 bits per heavy atom. The Morgan fingerprint density at radius 1 is 0.882 bits per heavy atom. The van der Waals surface area contributed by atoms with Crippen molar-refractivity contribution in [2.24, 2.45) is 0 Å². The van der Waals surface area contributed by atoms with Crippen molar-refractivity contribution in [3.8, 4) is 0 Å². The van der Waals surface area contributed by atoms with E-state index in [2.05, 4.69) is 19.9 Å². The Bertz CT molecular complexity index is 589. The normalized spacial score (nSPS) is 10.9. The van der Waals surface area contributed by atoms with Gasteiger partial charge in [-0.25, -0.2) is 0 Å². The zero-order valence-corrected chi connectivity index (χ0v) is 10.7. The Hall–Kier alpha value is -1.32. The van der Waals surface area contributed by atoms with Crippen LogP contribution in [0.2, 0.25) is 0 Å². The zero-order chi connectivity index (χ0) is 12.7. The van der Waals surface area contributed by atoms with Gasteiger partial charge in [0.25, 0.3) is 0 Å². The molecule has 0 bridgehead atoms. The van der Waals surface area contributed by atoms with Gasteiger partial charge in [0, 0.05) is 0 Å². The first kappa shape index (κ1) is 12.2. The highest BCUT2D eigenvalue weighted by Gasteiger charge is 2.21. The summed E-state index contributed by atoms with van der Waals surface area (Å²) in [5, 5.41) is 21.2. The van der Waals surface area contributed by atoms with Crippen LogP contribution in [0.25, 0.3) is 10.8 Å². The fourth-order valence-electron chi connectivity index (χ4n) is 2.60. The quantitative estimate of drug-likeness (QED) is 0.730. The summed E-state index contributed by atoms with van der Waals surface area (Å²) < 4.78 is 0. The first-order chi connectivity index (χ1) is 7.95. The molecule has 0 atom stereocenters.